The van der Waals surface area contributed by atoms with E-state index in [9.17, 15) is 5.11 Å². The van der Waals surface area contributed by atoms with Gasteiger partial charge in [0.2, 0.25) is 0 Å². The van der Waals surface area contributed by atoms with E-state index >= 15 is 0 Å². The normalized spacial score (nSPS) is 13.1. The van der Waals surface area contributed by atoms with Crippen LogP contribution in [0.1, 0.15) is 46.0 Å². The van der Waals surface area contributed by atoms with Gasteiger partial charge in [0.05, 0.1) is 6.61 Å². The molecule has 0 aromatic rings. The molecule has 3 heteroatoms. The first kappa shape index (κ1) is 13.9. The van der Waals surface area contributed by atoms with Crippen LogP contribution in [0.5, 0.6) is 0 Å². The SMILES string of the molecule is CCCCOCCCOC(O)CCC. The van der Waals surface area contributed by atoms with Crippen LogP contribution in [0.2, 0.25) is 0 Å². The lowest BCUT2D eigenvalue weighted by Gasteiger charge is -2.10. The summed E-state index contributed by atoms with van der Waals surface area (Å²) in [6.45, 7) is 6.34. The highest BCUT2D eigenvalue weighted by Gasteiger charge is 2.00. The quantitative estimate of drug-likeness (QED) is 0.438. The number of aliphatic hydroxyl groups excluding tert-OH is 1. The van der Waals surface area contributed by atoms with E-state index in [-0.39, 0.29) is 0 Å². The van der Waals surface area contributed by atoms with E-state index in [2.05, 4.69) is 6.92 Å². The predicted octanol–water partition coefficient (Wildman–Crippen LogP) is 2.33. The van der Waals surface area contributed by atoms with Gasteiger partial charge in [-0.15, -0.1) is 0 Å². The highest BCUT2D eigenvalue weighted by molar-refractivity contribution is 4.41. The molecule has 0 fully saturated rings. The highest BCUT2D eigenvalue weighted by atomic mass is 16.6. The molecule has 1 N–H and O–H groups in total. The lowest BCUT2D eigenvalue weighted by molar-refractivity contribution is -0.106. The molecule has 3 nitrogen and oxygen atoms in total. The van der Waals surface area contributed by atoms with E-state index in [1.54, 1.807) is 0 Å². The first-order chi connectivity index (χ1) is 6.81. The summed E-state index contributed by atoms with van der Waals surface area (Å²) >= 11 is 0. The monoisotopic (exact) mass is 204 g/mol. The average molecular weight is 204 g/mol. The van der Waals surface area contributed by atoms with Gasteiger partial charge in [-0.3, -0.25) is 0 Å². The van der Waals surface area contributed by atoms with Crippen LogP contribution >= 0.6 is 0 Å². The van der Waals surface area contributed by atoms with Gasteiger partial charge in [-0.1, -0.05) is 26.7 Å². The zero-order valence-corrected chi connectivity index (χ0v) is 9.50. The predicted molar refractivity (Wildman–Crippen MR) is 57.2 cm³/mol. The molecule has 14 heavy (non-hydrogen) atoms. The van der Waals surface area contributed by atoms with Crippen molar-refractivity contribution >= 4 is 0 Å². The molecule has 0 aliphatic rings. The Morgan fingerprint density at radius 2 is 1.71 bits per heavy atom. The summed E-state index contributed by atoms with van der Waals surface area (Å²) in [5.41, 5.74) is 0. The third kappa shape index (κ3) is 9.96. The standard InChI is InChI=1S/C11H24O3/c1-3-5-8-13-9-6-10-14-11(12)7-4-2/h11-12H,3-10H2,1-2H3. The molecule has 0 amide bonds. The molecule has 0 aromatic carbocycles. The van der Waals surface area contributed by atoms with Gasteiger partial charge in [-0.05, 0) is 19.3 Å². The molecule has 0 bridgehead atoms. The second-order valence-electron chi connectivity index (χ2n) is 3.43. The summed E-state index contributed by atoms with van der Waals surface area (Å²) in [7, 11) is 0. The minimum absolute atomic E-state index is 0.587. The molecular weight excluding hydrogens is 180 g/mol. The molecule has 0 radical (unpaired) electrons. The number of aliphatic hydroxyl groups is 1. The number of rotatable bonds is 10. The molecule has 0 heterocycles. The average Bonchev–Trinajstić information content (AvgIpc) is 2.17. The largest absolute Gasteiger partial charge is 0.381 e. The molecule has 0 saturated carbocycles. The summed E-state index contributed by atoms with van der Waals surface area (Å²) in [6.07, 6.45) is 4.25. The number of unbranched alkanes of at least 4 members (excludes halogenated alkanes) is 1. The van der Waals surface area contributed by atoms with Crippen molar-refractivity contribution < 1.29 is 14.6 Å². The zero-order chi connectivity index (χ0) is 10.6. The van der Waals surface area contributed by atoms with Crippen LogP contribution in [0, 0.1) is 0 Å². The molecule has 0 saturated heterocycles. The summed E-state index contributed by atoms with van der Waals surface area (Å²) in [5, 5.41) is 9.23. The van der Waals surface area contributed by atoms with Crippen LogP contribution in [0.3, 0.4) is 0 Å². The summed E-state index contributed by atoms with van der Waals surface area (Å²) in [6, 6.07) is 0. The van der Waals surface area contributed by atoms with Crippen molar-refractivity contribution in [1.82, 2.24) is 0 Å². The Morgan fingerprint density at radius 3 is 2.36 bits per heavy atom. The second kappa shape index (κ2) is 11.0. The van der Waals surface area contributed by atoms with Gasteiger partial charge in [0.15, 0.2) is 6.29 Å². The Morgan fingerprint density at radius 1 is 1.00 bits per heavy atom. The molecule has 1 unspecified atom stereocenters. The van der Waals surface area contributed by atoms with Crippen molar-refractivity contribution in [2.45, 2.75) is 52.2 Å². The summed E-state index contributed by atoms with van der Waals surface area (Å²) in [4.78, 5) is 0. The smallest absolute Gasteiger partial charge is 0.154 e. The van der Waals surface area contributed by atoms with E-state index < -0.39 is 6.29 Å². The molecule has 86 valence electrons. The van der Waals surface area contributed by atoms with Gasteiger partial charge < -0.3 is 14.6 Å². The maximum atomic E-state index is 9.23. The first-order valence-corrected chi connectivity index (χ1v) is 5.68. The van der Waals surface area contributed by atoms with Crippen LogP contribution in [-0.4, -0.2) is 31.2 Å². The Balaban J connectivity index is 2.98. The molecule has 1 atom stereocenters. The molecule has 0 aliphatic carbocycles. The molecule has 0 spiro atoms. The van der Waals surface area contributed by atoms with Crippen molar-refractivity contribution in [2.75, 3.05) is 19.8 Å². The lowest BCUT2D eigenvalue weighted by Crippen LogP contribution is -2.13. The highest BCUT2D eigenvalue weighted by Crippen LogP contribution is 1.98. The molecule has 0 rings (SSSR count). The van der Waals surface area contributed by atoms with E-state index in [0.717, 1.165) is 38.9 Å². The Bertz CT molecular complexity index is 107. The second-order valence-corrected chi connectivity index (χ2v) is 3.43. The fourth-order valence-electron chi connectivity index (χ4n) is 1.06. The van der Waals surface area contributed by atoms with Gasteiger partial charge >= 0.3 is 0 Å². The number of hydrogen-bond donors (Lipinski definition) is 1. The number of hydrogen-bond acceptors (Lipinski definition) is 3. The third-order valence-corrected chi connectivity index (χ3v) is 1.92. The minimum atomic E-state index is -0.587. The van der Waals surface area contributed by atoms with Gasteiger partial charge in [-0.25, -0.2) is 0 Å². The molecule has 0 aliphatic heterocycles. The Hall–Kier alpha value is -0.120. The van der Waals surface area contributed by atoms with Gasteiger partial charge in [-0.2, -0.15) is 0 Å². The van der Waals surface area contributed by atoms with E-state index in [1.807, 2.05) is 6.92 Å². The Labute approximate surface area is 87.4 Å². The van der Waals surface area contributed by atoms with E-state index in [4.69, 9.17) is 9.47 Å². The Kier molecular flexibility index (Phi) is 10.9. The maximum Gasteiger partial charge on any atom is 0.154 e. The molecular formula is C11H24O3. The molecule has 0 aromatic heterocycles. The first-order valence-electron chi connectivity index (χ1n) is 5.68. The van der Waals surface area contributed by atoms with Gasteiger partial charge in [0, 0.05) is 13.2 Å². The number of ether oxygens (including phenoxy) is 2. The van der Waals surface area contributed by atoms with Crippen LogP contribution in [0.15, 0.2) is 0 Å². The lowest BCUT2D eigenvalue weighted by atomic mass is 10.3. The van der Waals surface area contributed by atoms with E-state index in [0.29, 0.717) is 6.61 Å². The fraction of sp³-hybridized carbons (Fsp3) is 1.00. The summed E-state index contributed by atoms with van der Waals surface area (Å²) in [5.74, 6) is 0. The van der Waals surface area contributed by atoms with Crippen molar-refractivity contribution in [3.63, 3.8) is 0 Å². The van der Waals surface area contributed by atoms with E-state index in [1.165, 1.54) is 6.42 Å². The topological polar surface area (TPSA) is 38.7 Å². The zero-order valence-electron chi connectivity index (χ0n) is 9.50. The fourth-order valence-corrected chi connectivity index (χ4v) is 1.06. The van der Waals surface area contributed by atoms with Gasteiger partial charge in [0.1, 0.15) is 0 Å². The summed E-state index contributed by atoms with van der Waals surface area (Å²) < 4.78 is 10.5. The van der Waals surface area contributed by atoms with Crippen LogP contribution < -0.4 is 0 Å². The van der Waals surface area contributed by atoms with Crippen molar-refractivity contribution in [1.29, 1.82) is 0 Å². The van der Waals surface area contributed by atoms with Crippen LogP contribution in [0.4, 0.5) is 0 Å². The van der Waals surface area contributed by atoms with Crippen molar-refractivity contribution in [3.8, 4) is 0 Å². The van der Waals surface area contributed by atoms with Crippen LogP contribution in [0.25, 0.3) is 0 Å². The maximum absolute atomic E-state index is 9.23. The van der Waals surface area contributed by atoms with Crippen LogP contribution in [-0.2, 0) is 9.47 Å². The third-order valence-electron chi connectivity index (χ3n) is 1.92. The van der Waals surface area contributed by atoms with Crippen molar-refractivity contribution in [3.05, 3.63) is 0 Å². The minimum Gasteiger partial charge on any atom is -0.381 e. The van der Waals surface area contributed by atoms with Gasteiger partial charge in [0.25, 0.3) is 0 Å². The van der Waals surface area contributed by atoms with Crippen molar-refractivity contribution in [2.24, 2.45) is 0 Å².